The van der Waals surface area contributed by atoms with Crippen molar-refractivity contribution in [1.29, 1.82) is 5.26 Å². The molecule has 0 heterocycles. The van der Waals surface area contributed by atoms with Gasteiger partial charge >= 0.3 is 16.3 Å². The van der Waals surface area contributed by atoms with Gasteiger partial charge in [-0.25, -0.2) is 9.52 Å². The number of carbonyl (C=O) groups excluding carboxylic acids is 1. The SMILES string of the molecule is CCN(CC(C)C#N)S(=O)(=O)NC(=O)OC. The molecular formula is C8H15N3O4S. The van der Waals surface area contributed by atoms with Crippen LogP contribution >= 0.6 is 0 Å². The third-order valence-corrected chi connectivity index (χ3v) is 3.30. The van der Waals surface area contributed by atoms with Crippen LogP contribution in [0.5, 0.6) is 0 Å². The Balaban J connectivity index is 4.69. The normalized spacial score (nSPS) is 12.9. The highest BCUT2D eigenvalue weighted by Gasteiger charge is 2.24. The van der Waals surface area contributed by atoms with Gasteiger partial charge in [0.2, 0.25) is 0 Å². The van der Waals surface area contributed by atoms with Crippen LogP contribution in [0.1, 0.15) is 13.8 Å². The Kier molecular flexibility index (Phi) is 5.77. The van der Waals surface area contributed by atoms with Crippen molar-refractivity contribution in [3.8, 4) is 6.07 Å². The van der Waals surface area contributed by atoms with Gasteiger partial charge in [-0.05, 0) is 6.92 Å². The highest BCUT2D eigenvalue weighted by Crippen LogP contribution is 2.03. The van der Waals surface area contributed by atoms with Crippen LogP contribution in [-0.2, 0) is 14.9 Å². The zero-order chi connectivity index (χ0) is 12.8. The van der Waals surface area contributed by atoms with Gasteiger partial charge < -0.3 is 4.74 Å². The number of nitrogens with zero attached hydrogens (tertiary/aromatic N) is 2. The summed E-state index contributed by atoms with van der Waals surface area (Å²) >= 11 is 0. The van der Waals surface area contributed by atoms with Gasteiger partial charge in [0.15, 0.2) is 0 Å². The number of ether oxygens (including phenoxy) is 1. The minimum absolute atomic E-state index is 0.0271. The molecule has 0 bridgehead atoms. The van der Waals surface area contributed by atoms with Crippen LogP contribution in [0.4, 0.5) is 4.79 Å². The van der Waals surface area contributed by atoms with Crippen molar-refractivity contribution in [2.75, 3.05) is 20.2 Å². The first-order valence-corrected chi connectivity index (χ1v) is 6.06. The first-order chi connectivity index (χ1) is 7.37. The Morgan fingerprint density at radius 1 is 1.62 bits per heavy atom. The predicted molar refractivity (Wildman–Crippen MR) is 56.5 cm³/mol. The van der Waals surface area contributed by atoms with Gasteiger partial charge in [0.05, 0.1) is 19.1 Å². The number of nitrogens with one attached hydrogen (secondary N) is 1. The summed E-state index contributed by atoms with van der Waals surface area (Å²) in [5.74, 6) is -0.450. The Labute approximate surface area is 95.2 Å². The fraction of sp³-hybridized carbons (Fsp3) is 0.750. The zero-order valence-electron chi connectivity index (χ0n) is 9.43. The number of carbonyl (C=O) groups is 1. The van der Waals surface area contributed by atoms with E-state index >= 15 is 0 Å². The summed E-state index contributed by atoms with van der Waals surface area (Å²) < 4.78 is 30.1. The Morgan fingerprint density at radius 3 is 2.56 bits per heavy atom. The zero-order valence-corrected chi connectivity index (χ0v) is 10.2. The van der Waals surface area contributed by atoms with Crippen molar-refractivity contribution < 1.29 is 17.9 Å². The fourth-order valence-electron chi connectivity index (χ4n) is 0.955. The Hall–Kier alpha value is -1.33. The van der Waals surface area contributed by atoms with E-state index in [1.165, 1.54) is 0 Å². The van der Waals surface area contributed by atoms with Crippen LogP contribution in [0.15, 0.2) is 0 Å². The monoisotopic (exact) mass is 249 g/mol. The summed E-state index contributed by atoms with van der Waals surface area (Å²) in [6.07, 6.45) is -1.05. The van der Waals surface area contributed by atoms with Crippen LogP contribution in [0.25, 0.3) is 0 Å². The molecule has 0 rings (SSSR count). The molecule has 8 heteroatoms. The molecule has 0 aromatic heterocycles. The van der Waals surface area contributed by atoms with Gasteiger partial charge in [0, 0.05) is 13.1 Å². The van der Waals surface area contributed by atoms with Crippen molar-refractivity contribution in [3.05, 3.63) is 0 Å². The molecule has 0 saturated carbocycles. The van der Waals surface area contributed by atoms with E-state index in [1.807, 2.05) is 6.07 Å². The summed E-state index contributed by atoms with van der Waals surface area (Å²) in [7, 11) is -2.86. The van der Waals surface area contributed by atoms with E-state index in [2.05, 4.69) is 4.74 Å². The molecule has 1 N–H and O–H groups in total. The van der Waals surface area contributed by atoms with Crippen molar-refractivity contribution in [1.82, 2.24) is 9.03 Å². The molecule has 1 atom stereocenters. The summed E-state index contributed by atoms with van der Waals surface area (Å²) in [6, 6.07) is 1.92. The first-order valence-electron chi connectivity index (χ1n) is 4.62. The van der Waals surface area contributed by atoms with Gasteiger partial charge in [0.1, 0.15) is 0 Å². The van der Waals surface area contributed by atoms with Crippen LogP contribution in [0.2, 0.25) is 0 Å². The molecule has 1 amide bonds. The fourth-order valence-corrected chi connectivity index (χ4v) is 2.14. The number of methoxy groups -OCH3 is 1. The van der Waals surface area contributed by atoms with Crippen molar-refractivity contribution in [2.24, 2.45) is 5.92 Å². The number of amides is 1. The van der Waals surface area contributed by atoms with Gasteiger partial charge in [-0.3, -0.25) is 0 Å². The summed E-state index contributed by atoms with van der Waals surface area (Å²) in [4.78, 5) is 10.8. The molecule has 0 aromatic rings. The van der Waals surface area contributed by atoms with Crippen molar-refractivity contribution in [2.45, 2.75) is 13.8 Å². The van der Waals surface area contributed by atoms with Gasteiger partial charge in [-0.2, -0.15) is 18.0 Å². The molecule has 0 aliphatic rings. The first kappa shape index (κ1) is 14.7. The molecular weight excluding hydrogens is 234 g/mol. The standard InChI is InChI=1S/C8H15N3O4S/c1-4-11(6-7(2)5-9)16(13,14)10-8(12)15-3/h7H,4,6H2,1-3H3,(H,10,12). The number of hydrogen-bond donors (Lipinski definition) is 1. The third-order valence-electron chi connectivity index (χ3n) is 1.79. The molecule has 0 aliphatic carbocycles. The second-order valence-corrected chi connectivity index (χ2v) is 4.75. The van der Waals surface area contributed by atoms with Crippen molar-refractivity contribution in [3.63, 3.8) is 0 Å². The van der Waals surface area contributed by atoms with Crippen LogP contribution in [0.3, 0.4) is 0 Å². The smallest absolute Gasteiger partial charge is 0.421 e. The number of hydrogen-bond acceptors (Lipinski definition) is 5. The lowest BCUT2D eigenvalue weighted by Gasteiger charge is -2.20. The molecule has 0 radical (unpaired) electrons. The maximum absolute atomic E-state index is 11.6. The Morgan fingerprint density at radius 2 is 2.19 bits per heavy atom. The summed E-state index contributed by atoms with van der Waals surface area (Å²) in [5, 5.41) is 8.59. The third kappa shape index (κ3) is 4.46. The minimum Gasteiger partial charge on any atom is -0.452 e. The van der Waals surface area contributed by atoms with E-state index in [0.29, 0.717) is 0 Å². The van der Waals surface area contributed by atoms with E-state index in [4.69, 9.17) is 5.26 Å². The summed E-state index contributed by atoms with van der Waals surface area (Å²) in [5.41, 5.74) is 0. The molecule has 0 fully saturated rings. The predicted octanol–water partition coefficient (Wildman–Crippen LogP) is 0.0688. The van der Waals surface area contributed by atoms with Crippen LogP contribution in [-0.4, -0.2) is 39.0 Å². The quantitative estimate of drug-likeness (QED) is 0.743. The van der Waals surface area contributed by atoms with Crippen LogP contribution < -0.4 is 4.72 Å². The van der Waals surface area contributed by atoms with E-state index in [-0.39, 0.29) is 13.1 Å². The second kappa shape index (κ2) is 6.30. The molecule has 0 aliphatic heterocycles. The lowest BCUT2D eigenvalue weighted by Crippen LogP contribution is -2.44. The molecule has 7 nitrogen and oxygen atoms in total. The number of nitriles is 1. The highest BCUT2D eigenvalue weighted by molar-refractivity contribution is 7.87. The topological polar surface area (TPSA) is 99.5 Å². The van der Waals surface area contributed by atoms with Gasteiger partial charge in [0.25, 0.3) is 0 Å². The molecule has 0 spiro atoms. The maximum Gasteiger partial charge on any atom is 0.421 e. The molecule has 92 valence electrons. The number of rotatable bonds is 5. The van der Waals surface area contributed by atoms with Gasteiger partial charge in [-0.15, -0.1) is 0 Å². The average molecular weight is 249 g/mol. The highest BCUT2D eigenvalue weighted by atomic mass is 32.2. The van der Waals surface area contributed by atoms with E-state index in [0.717, 1.165) is 11.4 Å². The molecule has 16 heavy (non-hydrogen) atoms. The lowest BCUT2D eigenvalue weighted by molar-refractivity contribution is 0.177. The summed E-state index contributed by atoms with van der Waals surface area (Å²) in [6.45, 7) is 3.40. The molecule has 0 saturated heterocycles. The minimum atomic E-state index is -3.93. The van der Waals surface area contributed by atoms with E-state index in [9.17, 15) is 13.2 Å². The molecule has 0 aromatic carbocycles. The average Bonchev–Trinajstić information content (AvgIpc) is 2.24. The largest absolute Gasteiger partial charge is 0.452 e. The Bertz CT molecular complexity index is 373. The van der Waals surface area contributed by atoms with Crippen LogP contribution in [0, 0.1) is 17.2 Å². The second-order valence-electron chi connectivity index (χ2n) is 3.08. The van der Waals surface area contributed by atoms with Crippen molar-refractivity contribution >= 4 is 16.3 Å². The lowest BCUT2D eigenvalue weighted by atomic mass is 10.2. The van der Waals surface area contributed by atoms with E-state index in [1.54, 1.807) is 18.6 Å². The maximum atomic E-state index is 11.6. The van der Waals surface area contributed by atoms with Gasteiger partial charge in [-0.1, -0.05) is 6.92 Å². The van der Waals surface area contributed by atoms with E-state index < -0.39 is 22.2 Å². The molecule has 1 unspecified atom stereocenters.